The standard InChI is InChI=1S/C7H6N2OS/c1-5-8-7(9-11-5)6-2-3-10-4-6/h2-4H,1H3. The van der Waals surface area contributed by atoms with Crippen LogP contribution in [0.15, 0.2) is 23.0 Å². The molecule has 2 rings (SSSR count). The average molecular weight is 166 g/mol. The molecule has 56 valence electrons. The van der Waals surface area contributed by atoms with Crippen molar-refractivity contribution in [3.63, 3.8) is 0 Å². The Morgan fingerprint density at radius 3 is 3.00 bits per heavy atom. The third-order valence-electron chi connectivity index (χ3n) is 1.31. The SMILES string of the molecule is Cc1nc(-c2ccoc2)ns1. The van der Waals surface area contributed by atoms with Crippen LogP contribution >= 0.6 is 11.5 Å². The topological polar surface area (TPSA) is 38.9 Å². The summed E-state index contributed by atoms with van der Waals surface area (Å²) in [4.78, 5) is 4.20. The Bertz CT molecular complexity index is 339. The Balaban J connectivity index is 2.45. The van der Waals surface area contributed by atoms with Gasteiger partial charge in [-0.15, -0.1) is 0 Å². The van der Waals surface area contributed by atoms with Gasteiger partial charge in [0.25, 0.3) is 0 Å². The van der Waals surface area contributed by atoms with E-state index in [2.05, 4.69) is 9.36 Å². The Kier molecular flexibility index (Phi) is 1.47. The second-order valence-electron chi connectivity index (χ2n) is 2.15. The van der Waals surface area contributed by atoms with E-state index < -0.39 is 0 Å². The second-order valence-corrected chi connectivity index (χ2v) is 3.10. The predicted octanol–water partition coefficient (Wildman–Crippen LogP) is 2.11. The van der Waals surface area contributed by atoms with Crippen molar-refractivity contribution in [3.8, 4) is 11.4 Å². The number of furan rings is 1. The molecule has 4 heteroatoms. The molecule has 2 heterocycles. The van der Waals surface area contributed by atoms with E-state index in [9.17, 15) is 0 Å². The summed E-state index contributed by atoms with van der Waals surface area (Å²) >= 11 is 1.40. The molecule has 2 aromatic rings. The number of hydrogen-bond donors (Lipinski definition) is 0. The third kappa shape index (κ3) is 1.17. The van der Waals surface area contributed by atoms with Gasteiger partial charge in [0.1, 0.15) is 11.3 Å². The highest BCUT2D eigenvalue weighted by Crippen LogP contribution is 2.17. The van der Waals surface area contributed by atoms with Gasteiger partial charge >= 0.3 is 0 Å². The molecule has 3 nitrogen and oxygen atoms in total. The van der Waals surface area contributed by atoms with Gasteiger partial charge < -0.3 is 4.42 Å². The lowest BCUT2D eigenvalue weighted by Gasteiger charge is -1.81. The quantitative estimate of drug-likeness (QED) is 0.651. The van der Waals surface area contributed by atoms with E-state index in [1.54, 1.807) is 12.5 Å². The van der Waals surface area contributed by atoms with Crippen molar-refractivity contribution in [1.29, 1.82) is 0 Å². The van der Waals surface area contributed by atoms with Crippen LogP contribution in [-0.4, -0.2) is 9.36 Å². The number of aromatic nitrogens is 2. The zero-order valence-electron chi connectivity index (χ0n) is 5.94. The molecule has 0 aliphatic rings. The van der Waals surface area contributed by atoms with Gasteiger partial charge in [-0.2, -0.15) is 4.37 Å². The molecule has 0 radical (unpaired) electrons. The molecular formula is C7H6N2OS. The van der Waals surface area contributed by atoms with E-state index in [1.807, 2.05) is 13.0 Å². The number of rotatable bonds is 1. The van der Waals surface area contributed by atoms with Crippen LogP contribution in [0.5, 0.6) is 0 Å². The molecule has 0 aliphatic carbocycles. The normalized spacial score (nSPS) is 10.3. The summed E-state index contributed by atoms with van der Waals surface area (Å²) in [6.07, 6.45) is 3.26. The van der Waals surface area contributed by atoms with Gasteiger partial charge in [-0.25, -0.2) is 4.98 Å². The molecule has 0 spiro atoms. The minimum absolute atomic E-state index is 0.751. The van der Waals surface area contributed by atoms with Crippen molar-refractivity contribution in [3.05, 3.63) is 23.6 Å². The Hall–Kier alpha value is -1.16. The van der Waals surface area contributed by atoms with Crippen LogP contribution in [-0.2, 0) is 0 Å². The molecule has 0 aromatic carbocycles. The highest BCUT2D eigenvalue weighted by atomic mass is 32.1. The maximum absolute atomic E-state index is 4.90. The molecule has 11 heavy (non-hydrogen) atoms. The van der Waals surface area contributed by atoms with Crippen LogP contribution in [0, 0.1) is 6.92 Å². The molecule has 0 fully saturated rings. The highest BCUT2D eigenvalue weighted by molar-refractivity contribution is 7.05. The van der Waals surface area contributed by atoms with Crippen molar-refractivity contribution >= 4 is 11.5 Å². The van der Waals surface area contributed by atoms with Crippen molar-refractivity contribution in [2.24, 2.45) is 0 Å². The first-order valence-corrected chi connectivity index (χ1v) is 3.96. The third-order valence-corrected chi connectivity index (χ3v) is 1.93. The fraction of sp³-hybridized carbons (Fsp3) is 0.143. The smallest absolute Gasteiger partial charge is 0.176 e. The summed E-state index contributed by atoms with van der Waals surface area (Å²) in [6.45, 7) is 1.93. The van der Waals surface area contributed by atoms with Gasteiger partial charge in [-0.05, 0) is 24.5 Å². The first-order valence-electron chi connectivity index (χ1n) is 3.19. The summed E-state index contributed by atoms with van der Waals surface area (Å²) in [5.74, 6) is 0.751. The number of aryl methyl sites for hydroxylation is 1. The van der Waals surface area contributed by atoms with Gasteiger partial charge in [0.05, 0.1) is 11.8 Å². The molecule has 0 atom stereocenters. The Morgan fingerprint density at radius 2 is 2.45 bits per heavy atom. The van der Waals surface area contributed by atoms with Crippen LogP contribution in [0.2, 0.25) is 0 Å². The number of hydrogen-bond acceptors (Lipinski definition) is 4. The van der Waals surface area contributed by atoms with E-state index in [-0.39, 0.29) is 0 Å². The number of nitrogens with zero attached hydrogens (tertiary/aromatic N) is 2. The first kappa shape index (κ1) is 6.54. The van der Waals surface area contributed by atoms with Gasteiger partial charge in [0.2, 0.25) is 0 Å². The lowest BCUT2D eigenvalue weighted by Crippen LogP contribution is -1.74. The fourth-order valence-electron chi connectivity index (χ4n) is 0.808. The van der Waals surface area contributed by atoms with Crippen molar-refractivity contribution in [2.75, 3.05) is 0 Å². The maximum Gasteiger partial charge on any atom is 0.176 e. The molecule has 0 aliphatic heterocycles. The van der Waals surface area contributed by atoms with E-state index in [4.69, 9.17) is 4.42 Å². The molecule has 0 unspecified atom stereocenters. The van der Waals surface area contributed by atoms with E-state index in [1.165, 1.54) is 11.5 Å². The summed E-state index contributed by atoms with van der Waals surface area (Å²) < 4.78 is 9.03. The van der Waals surface area contributed by atoms with E-state index in [0.717, 1.165) is 16.4 Å². The minimum atomic E-state index is 0.751. The molecule has 0 saturated carbocycles. The van der Waals surface area contributed by atoms with Gasteiger partial charge in [-0.3, -0.25) is 0 Å². The summed E-state index contributed by atoms with van der Waals surface area (Å²) in [5, 5.41) is 0.973. The Labute approximate surface area is 67.9 Å². The fourth-order valence-corrected chi connectivity index (χ4v) is 1.30. The molecule has 0 saturated heterocycles. The second kappa shape index (κ2) is 2.47. The first-order chi connectivity index (χ1) is 5.36. The Morgan fingerprint density at radius 1 is 1.55 bits per heavy atom. The van der Waals surface area contributed by atoms with Crippen LogP contribution in [0.4, 0.5) is 0 Å². The van der Waals surface area contributed by atoms with Gasteiger partial charge in [0, 0.05) is 0 Å². The largest absolute Gasteiger partial charge is 0.472 e. The van der Waals surface area contributed by atoms with Crippen molar-refractivity contribution in [2.45, 2.75) is 6.92 Å². The van der Waals surface area contributed by atoms with Crippen LogP contribution < -0.4 is 0 Å². The summed E-state index contributed by atoms with van der Waals surface area (Å²) in [5.41, 5.74) is 0.939. The van der Waals surface area contributed by atoms with Crippen molar-refractivity contribution in [1.82, 2.24) is 9.36 Å². The molecule has 0 bridgehead atoms. The molecule has 0 amide bonds. The predicted molar refractivity (Wildman–Crippen MR) is 42.3 cm³/mol. The monoisotopic (exact) mass is 166 g/mol. The summed E-state index contributed by atoms with van der Waals surface area (Å²) in [7, 11) is 0. The van der Waals surface area contributed by atoms with Gasteiger partial charge in [0.15, 0.2) is 5.82 Å². The molecule has 0 N–H and O–H groups in total. The van der Waals surface area contributed by atoms with Crippen LogP contribution in [0.3, 0.4) is 0 Å². The lowest BCUT2D eigenvalue weighted by molar-refractivity contribution is 0.568. The van der Waals surface area contributed by atoms with Crippen LogP contribution in [0.25, 0.3) is 11.4 Å². The summed E-state index contributed by atoms with van der Waals surface area (Å²) in [6, 6.07) is 1.85. The van der Waals surface area contributed by atoms with Gasteiger partial charge in [-0.1, -0.05) is 0 Å². The lowest BCUT2D eigenvalue weighted by atomic mass is 10.3. The average Bonchev–Trinajstić information content (AvgIpc) is 2.55. The maximum atomic E-state index is 4.90. The zero-order chi connectivity index (χ0) is 7.68. The molecule has 2 aromatic heterocycles. The van der Waals surface area contributed by atoms with Crippen LogP contribution in [0.1, 0.15) is 5.01 Å². The van der Waals surface area contributed by atoms with Crippen molar-refractivity contribution < 1.29 is 4.42 Å². The highest BCUT2D eigenvalue weighted by Gasteiger charge is 2.03. The van der Waals surface area contributed by atoms with E-state index >= 15 is 0 Å². The minimum Gasteiger partial charge on any atom is -0.472 e. The zero-order valence-corrected chi connectivity index (χ0v) is 6.76. The van der Waals surface area contributed by atoms with E-state index in [0.29, 0.717) is 0 Å². The molecular weight excluding hydrogens is 160 g/mol.